The van der Waals surface area contributed by atoms with Crippen molar-refractivity contribution in [1.82, 2.24) is 0 Å². The van der Waals surface area contributed by atoms with E-state index in [1.807, 2.05) is 0 Å². The summed E-state index contributed by atoms with van der Waals surface area (Å²) in [7, 11) is -1.17. The van der Waals surface area contributed by atoms with Crippen LogP contribution in [0.1, 0.15) is 70.6 Å². The smallest absolute Gasteiger partial charge is 0.330 e. The van der Waals surface area contributed by atoms with Gasteiger partial charge in [0, 0.05) is 18.9 Å². The van der Waals surface area contributed by atoms with E-state index in [2.05, 4.69) is 17.8 Å². The van der Waals surface area contributed by atoms with Crippen LogP contribution in [0.15, 0.2) is 12.7 Å². The van der Waals surface area contributed by atoms with Crippen molar-refractivity contribution in [2.75, 3.05) is 40.4 Å². The van der Waals surface area contributed by atoms with E-state index >= 15 is 0 Å². The number of esters is 1. The summed E-state index contributed by atoms with van der Waals surface area (Å²) in [4.78, 5) is 10.8. The lowest BCUT2D eigenvalue weighted by Gasteiger charge is -2.29. The zero-order valence-corrected chi connectivity index (χ0v) is 18.5. The molecule has 28 heavy (non-hydrogen) atoms. The molecule has 1 heterocycles. The van der Waals surface area contributed by atoms with Crippen LogP contribution in [-0.2, 0) is 24.1 Å². The molecule has 0 N–H and O–H groups in total. The molecule has 1 saturated heterocycles. The van der Waals surface area contributed by atoms with Gasteiger partial charge in [0.15, 0.2) is 0 Å². The third-order valence-electron chi connectivity index (χ3n) is 5.10. The molecule has 0 spiro atoms. The van der Waals surface area contributed by atoms with E-state index in [0.717, 1.165) is 13.5 Å². The monoisotopic (exact) mass is 421 g/mol. The zero-order valence-electron chi connectivity index (χ0n) is 17.7. The van der Waals surface area contributed by atoms with Crippen molar-refractivity contribution in [3.05, 3.63) is 12.7 Å². The van der Waals surface area contributed by atoms with E-state index < -0.39 is 10.4 Å². The van der Waals surface area contributed by atoms with Gasteiger partial charge in [0.25, 0.3) is 0 Å². The number of hydrogen-bond donors (Lipinski definition) is 0. The van der Waals surface area contributed by atoms with Gasteiger partial charge in [0.1, 0.15) is 0 Å². The molecule has 0 amide bonds. The molecule has 0 bridgehead atoms. The Morgan fingerprint density at radius 2 is 1.43 bits per heavy atom. The van der Waals surface area contributed by atoms with Gasteiger partial charge < -0.3 is 13.8 Å². The summed E-state index contributed by atoms with van der Waals surface area (Å²) in [5, 5.41) is 0. The first-order valence-electron chi connectivity index (χ1n) is 10.4. The van der Waals surface area contributed by atoms with Crippen LogP contribution in [0.25, 0.3) is 0 Å². The van der Waals surface area contributed by atoms with Crippen LogP contribution in [-0.4, -0.2) is 63.8 Å². The Hall–Kier alpha value is -0.960. The van der Waals surface area contributed by atoms with E-state index in [-0.39, 0.29) is 5.97 Å². The van der Waals surface area contributed by atoms with Gasteiger partial charge in [-0.2, -0.15) is 0 Å². The number of quaternary nitrogens is 1. The fourth-order valence-electron chi connectivity index (χ4n) is 3.39. The molecule has 1 aliphatic heterocycles. The molecular formula is C20H39NO6S. The Morgan fingerprint density at radius 3 is 1.86 bits per heavy atom. The number of likely N-dealkylation sites (tertiary alicyclic amines) is 1. The SMILES string of the molecule is C=CC(=O)OCCCCCCCCCCC[N+]1(C)CCCC1.COS(=O)(=O)[O-]. The first-order chi connectivity index (χ1) is 13.2. The average Bonchev–Trinajstić information content (AvgIpc) is 3.09. The highest BCUT2D eigenvalue weighted by molar-refractivity contribution is 7.80. The highest BCUT2D eigenvalue weighted by atomic mass is 32.3. The van der Waals surface area contributed by atoms with Gasteiger partial charge in [-0.3, -0.25) is 4.18 Å². The minimum Gasteiger partial charge on any atom is -0.726 e. The first kappa shape index (κ1) is 27.0. The molecule has 8 heteroatoms. The minimum atomic E-state index is -4.41. The maximum atomic E-state index is 10.8. The fraction of sp³-hybridized carbons (Fsp3) is 0.850. The quantitative estimate of drug-likeness (QED) is 0.106. The zero-order chi connectivity index (χ0) is 21.3. The largest absolute Gasteiger partial charge is 0.726 e. The fourth-order valence-corrected chi connectivity index (χ4v) is 3.39. The van der Waals surface area contributed by atoms with E-state index in [1.165, 1.54) is 94.4 Å². The van der Waals surface area contributed by atoms with Crippen LogP contribution in [0, 0.1) is 0 Å². The maximum Gasteiger partial charge on any atom is 0.330 e. The van der Waals surface area contributed by atoms with Crippen LogP contribution in [0.4, 0.5) is 0 Å². The van der Waals surface area contributed by atoms with Crippen molar-refractivity contribution in [2.24, 2.45) is 0 Å². The highest BCUT2D eigenvalue weighted by Gasteiger charge is 2.25. The van der Waals surface area contributed by atoms with Crippen molar-refractivity contribution in [3.63, 3.8) is 0 Å². The Balaban J connectivity index is 0.00000105. The van der Waals surface area contributed by atoms with Gasteiger partial charge in [-0.1, -0.05) is 45.1 Å². The summed E-state index contributed by atoms with van der Waals surface area (Å²) >= 11 is 0. The third kappa shape index (κ3) is 17.2. The molecule has 0 saturated carbocycles. The van der Waals surface area contributed by atoms with Crippen LogP contribution >= 0.6 is 0 Å². The van der Waals surface area contributed by atoms with Crippen molar-refractivity contribution >= 4 is 16.4 Å². The molecule has 1 fully saturated rings. The lowest BCUT2D eigenvalue weighted by molar-refractivity contribution is -0.897. The molecule has 0 aliphatic carbocycles. The standard InChI is InChI=1S/C19H36NO2.CH4O4S/c1-3-19(21)22-18-14-10-8-6-4-5-7-9-11-15-20(2)16-12-13-17-20;1-5-6(2,3)4/h3H,1,4-18H2,2H3;1H3,(H,2,3,4)/q+1;/p-1. The Morgan fingerprint density at radius 1 is 1.00 bits per heavy atom. The number of hydrogen-bond acceptors (Lipinski definition) is 6. The van der Waals surface area contributed by atoms with Crippen molar-refractivity contribution < 1.29 is 31.2 Å². The topological polar surface area (TPSA) is 92.7 Å². The Kier molecular flexibility index (Phi) is 15.4. The third-order valence-corrected chi connectivity index (χ3v) is 5.51. The highest BCUT2D eigenvalue weighted by Crippen LogP contribution is 2.18. The Labute approximate surface area is 171 Å². The van der Waals surface area contributed by atoms with Gasteiger partial charge >= 0.3 is 5.97 Å². The molecule has 0 radical (unpaired) electrons. The normalized spacial score (nSPS) is 15.5. The second-order valence-corrected chi connectivity index (χ2v) is 8.78. The van der Waals surface area contributed by atoms with Crippen LogP contribution in [0.2, 0.25) is 0 Å². The number of rotatable bonds is 14. The second-order valence-electron chi connectivity index (χ2n) is 7.63. The second kappa shape index (κ2) is 15.9. The molecule has 0 aromatic rings. The van der Waals surface area contributed by atoms with Crippen LogP contribution in [0.3, 0.4) is 0 Å². The van der Waals surface area contributed by atoms with Gasteiger partial charge in [-0.25, -0.2) is 13.2 Å². The molecule has 0 unspecified atom stereocenters. The van der Waals surface area contributed by atoms with Crippen molar-refractivity contribution in [1.29, 1.82) is 0 Å². The summed E-state index contributed by atoms with van der Waals surface area (Å²) in [6.45, 7) is 8.13. The predicted octanol–water partition coefficient (Wildman–Crippen LogP) is 3.56. The summed E-state index contributed by atoms with van der Waals surface area (Å²) in [6.07, 6.45) is 15.8. The number of nitrogens with zero attached hydrogens (tertiary/aromatic N) is 1. The van der Waals surface area contributed by atoms with Gasteiger partial charge in [-0.05, 0) is 19.3 Å². The molecule has 1 rings (SSSR count). The van der Waals surface area contributed by atoms with Crippen LogP contribution < -0.4 is 0 Å². The molecule has 0 atom stereocenters. The van der Waals surface area contributed by atoms with Gasteiger partial charge in [0.2, 0.25) is 10.4 Å². The van der Waals surface area contributed by atoms with E-state index in [9.17, 15) is 17.8 Å². The van der Waals surface area contributed by atoms with E-state index in [0.29, 0.717) is 6.61 Å². The summed E-state index contributed by atoms with van der Waals surface area (Å²) < 4.78 is 37.3. The Bertz CT molecular complexity index is 515. The first-order valence-corrected chi connectivity index (χ1v) is 11.7. The van der Waals surface area contributed by atoms with Gasteiger partial charge in [-0.15, -0.1) is 0 Å². The molecule has 1 aliphatic rings. The van der Waals surface area contributed by atoms with Crippen molar-refractivity contribution in [2.45, 2.75) is 70.6 Å². The molecule has 0 aromatic carbocycles. The summed E-state index contributed by atoms with van der Waals surface area (Å²) in [5.41, 5.74) is 0. The van der Waals surface area contributed by atoms with Crippen LogP contribution in [0.5, 0.6) is 0 Å². The maximum absolute atomic E-state index is 10.8. The minimum absolute atomic E-state index is 0.301. The number of ether oxygens (including phenoxy) is 1. The lowest BCUT2D eigenvalue weighted by atomic mass is 10.1. The number of carbonyl (C=O) groups excluding carboxylic acids is 1. The van der Waals surface area contributed by atoms with Gasteiger partial charge in [0.05, 0.1) is 40.4 Å². The number of unbranched alkanes of at least 4 members (excludes halogenated alkanes) is 8. The summed E-state index contributed by atoms with van der Waals surface area (Å²) in [5.74, 6) is -0.301. The molecule has 166 valence electrons. The molecule has 0 aromatic heterocycles. The van der Waals surface area contributed by atoms with E-state index in [1.54, 1.807) is 0 Å². The predicted molar refractivity (Wildman–Crippen MR) is 109 cm³/mol. The van der Waals surface area contributed by atoms with E-state index in [4.69, 9.17) is 4.74 Å². The molecule has 7 nitrogen and oxygen atoms in total. The molecular weight excluding hydrogens is 382 g/mol. The average molecular weight is 422 g/mol. The lowest BCUT2D eigenvalue weighted by Crippen LogP contribution is -2.41. The summed E-state index contributed by atoms with van der Waals surface area (Å²) in [6, 6.07) is 0. The number of carbonyl (C=O) groups is 1. The van der Waals surface area contributed by atoms with Crippen molar-refractivity contribution in [3.8, 4) is 0 Å².